The van der Waals surface area contributed by atoms with Crippen LogP contribution >= 0.6 is 0 Å². The van der Waals surface area contributed by atoms with E-state index < -0.39 is 58.4 Å². The van der Waals surface area contributed by atoms with Gasteiger partial charge in [-0.15, -0.1) is 0 Å². The van der Waals surface area contributed by atoms with Gasteiger partial charge in [-0.25, -0.2) is 0 Å². The van der Waals surface area contributed by atoms with Crippen LogP contribution in [0.3, 0.4) is 0 Å². The molecular weight excluding hydrogens is 560 g/mol. The van der Waals surface area contributed by atoms with Gasteiger partial charge in [-0.1, -0.05) is 19.1 Å². The van der Waals surface area contributed by atoms with Gasteiger partial charge >= 0.3 is 0 Å². The monoisotopic (exact) mass is 602 g/mol. The van der Waals surface area contributed by atoms with Crippen LogP contribution in [0.15, 0.2) is 40.9 Å². The number of ketones is 2. The number of piperidine rings is 1. The maximum atomic E-state index is 14.3. The van der Waals surface area contributed by atoms with Gasteiger partial charge in [0.15, 0.2) is 11.6 Å². The second kappa shape index (κ2) is 10.9. The van der Waals surface area contributed by atoms with Crippen LogP contribution in [0.25, 0.3) is 10.8 Å². The highest BCUT2D eigenvalue weighted by molar-refractivity contribution is 6.23. The van der Waals surface area contributed by atoms with Crippen molar-refractivity contribution < 1.29 is 29.7 Å². The number of nitrogens with two attached hydrogens (primary N) is 1. The van der Waals surface area contributed by atoms with E-state index in [2.05, 4.69) is 17.9 Å². The quantitative estimate of drug-likeness (QED) is 0.378. The fourth-order valence-corrected chi connectivity index (χ4v) is 8.25. The number of likely N-dealkylation sites (N-methyl/N-ethyl adjacent to an activating group) is 1. The van der Waals surface area contributed by atoms with Crippen LogP contribution in [0.4, 0.5) is 5.69 Å². The Balaban J connectivity index is 1.48. The molecule has 4 aliphatic rings. The van der Waals surface area contributed by atoms with E-state index in [0.29, 0.717) is 23.8 Å². The van der Waals surface area contributed by atoms with Crippen LogP contribution in [0, 0.1) is 23.7 Å². The number of nitrogens with zero attached hydrogens (tertiary/aromatic N) is 3. The summed E-state index contributed by atoms with van der Waals surface area (Å²) in [6.45, 7) is 5.07. The lowest BCUT2D eigenvalue weighted by Gasteiger charge is -2.46. The standard InChI is InChI=1S/C34H42N4O6/c1-16-8-10-38(11-9-16)15-17-6-7-19-20(12-17)29(39)24-21(27(19)36(2)3)13-18-14-22-25(31(41)23(18)30(24)40)32(42)26(34(35)44)33(43)28(22)37(4)5/h6-7,12,16,18,22,25,28,39,41,43H,8-11,13-15H2,1-5H3,(H2,35,44)/t18-,22?,25?,28-/m0/s1. The first kappa shape index (κ1) is 30.1. The topological polar surface area (TPSA) is 148 Å². The Morgan fingerprint density at radius 1 is 1.02 bits per heavy atom. The molecule has 1 aliphatic heterocycles. The molecule has 44 heavy (non-hydrogen) atoms. The van der Waals surface area contributed by atoms with Crippen molar-refractivity contribution in [1.29, 1.82) is 0 Å². The average Bonchev–Trinajstić information content (AvgIpc) is 2.93. The number of phenolic OH excluding ortho intramolecular Hbond substituents is 1. The van der Waals surface area contributed by atoms with E-state index in [0.717, 1.165) is 55.0 Å². The number of Topliss-reactive ketones (excluding diaryl/α,β-unsaturated/α-hetero) is 2. The normalized spacial score (nSPS) is 26.2. The maximum Gasteiger partial charge on any atom is 0.255 e. The molecule has 6 rings (SSSR count). The summed E-state index contributed by atoms with van der Waals surface area (Å²) in [6.07, 6.45) is 2.98. The van der Waals surface area contributed by atoms with Crippen molar-refractivity contribution in [2.45, 2.75) is 45.2 Å². The van der Waals surface area contributed by atoms with Gasteiger partial charge in [0.05, 0.1) is 17.5 Å². The van der Waals surface area contributed by atoms with Crippen molar-refractivity contribution in [2.24, 2.45) is 29.4 Å². The van der Waals surface area contributed by atoms with Crippen molar-refractivity contribution in [2.75, 3.05) is 46.2 Å². The number of aliphatic hydroxyl groups is 2. The van der Waals surface area contributed by atoms with E-state index in [1.807, 2.05) is 31.1 Å². The summed E-state index contributed by atoms with van der Waals surface area (Å²) in [5.41, 5.74) is 7.76. The number of aromatic hydroxyl groups is 1. The summed E-state index contributed by atoms with van der Waals surface area (Å²) in [7, 11) is 7.26. The van der Waals surface area contributed by atoms with E-state index >= 15 is 0 Å². The number of hydrogen-bond acceptors (Lipinski definition) is 9. The van der Waals surface area contributed by atoms with Gasteiger partial charge in [0.1, 0.15) is 22.8 Å². The molecule has 0 bridgehead atoms. The highest BCUT2D eigenvalue weighted by Crippen LogP contribution is 2.53. The second-order valence-corrected chi connectivity index (χ2v) is 13.6. The predicted octanol–water partition coefficient (Wildman–Crippen LogP) is 3.46. The molecule has 5 N–H and O–H groups in total. The fraction of sp³-hybridized carbons (Fsp3) is 0.500. The van der Waals surface area contributed by atoms with Crippen molar-refractivity contribution >= 4 is 33.9 Å². The predicted molar refractivity (Wildman–Crippen MR) is 168 cm³/mol. The number of aliphatic hydroxyl groups excluding tert-OH is 2. The lowest BCUT2D eigenvalue weighted by molar-refractivity contribution is -0.127. The first-order valence-corrected chi connectivity index (χ1v) is 15.4. The molecule has 2 aromatic rings. The number of anilines is 1. The maximum absolute atomic E-state index is 14.3. The highest BCUT2D eigenvalue weighted by atomic mass is 16.3. The molecule has 1 heterocycles. The number of amides is 1. The van der Waals surface area contributed by atoms with Gasteiger partial charge in [-0.05, 0) is 87.8 Å². The molecule has 0 spiro atoms. The smallest absolute Gasteiger partial charge is 0.255 e. The molecule has 0 saturated carbocycles. The minimum Gasteiger partial charge on any atom is -0.511 e. The summed E-state index contributed by atoms with van der Waals surface area (Å²) in [5, 5.41) is 35.8. The summed E-state index contributed by atoms with van der Waals surface area (Å²) in [6, 6.07) is 5.32. The van der Waals surface area contributed by atoms with Crippen LogP contribution in [0.1, 0.15) is 47.7 Å². The van der Waals surface area contributed by atoms with Crippen LogP contribution in [-0.4, -0.2) is 89.9 Å². The van der Waals surface area contributed by atoms with Gasteiger partial charge < -0.3 is 26.0 Å². The first-order chi connectivity index (χ1) is 20.8. The summed E-state index contributed by atoms with van der Waals surface area (Å²) in [5.74, 6) is -4.82. The van der Waals surface area contributed by atoms with Gasteiger partial charge in [0.2, 0.25) is 0 Å². The number of benzene rings is 2. The Morgan fingerprint density at radius 3 is 2.32 bits per heavy atom. The molecule has 1 saturated heterocycles. The Hall–Kier alpha value is -3.89. The molecule has 3 aliphatic carbocycles. The van der Waals surface area contributed by atoms with Crippen LogP contribution in [0.2, 0.25) is 0 Å². The Bertz CT molecular complexity index is 1650. The van der Waals surface area contributed by atoms with Gasteiger partial charge in [0.25, 0.3) is 5.91 Å². The van der Waals surface area contributed by atoms with E-state index in [9.17, 15) is 29.7 Å². The van der Waals surface area contributed by atoms with Crippen LogP contribution in [0.5, 0.6) is 5.75 Å². The van der Waals surface area contributed by atoms with Crippen molar-refractivity contribution in [3.05, 3.63) is 57.6 Å². The molecule has 10 nitrogen and oxygen atoms in total. The number of phenols is 1. The number of primary amides is 1. The average molecular weight is 603 g/mol. The highest BCUT2D eigenvalue weighted by Gasteiger charge is 2.54. The number of carbonyl (C=O) groups is 3. The van der Waals surface area contributed by atoms with Crippen molar-refractivity contribution in [3.63, 3.8) is 0 Å². The summed E-state index contributed by atoms with van der Waals surface area (Å²) < 4.78 is 0. The van der Waals surface area contributed by atoms with Crippen molar-refractivity contribution in [1.82, 2.24) is 9.80 Å². The number of likely N-dealkylation sites (tertiary alicyclic amines) is 1. The zero-order chi connectivity index (χ0) is 31.8. The number of rotatable bonds is 5. The van der Waals surface area contributed by atoms with Crippen molar-refractivity contribution in [3.8, 4) is 5.75 Å². The lowest BCUT2D eigenvalue weighted by atomic mass is 9.60. The van der Waals surface area contributed by atoms with E-state index in [1.165, 1.54) is 0 Å². The third kappa shape index (κ3) is 4.57. The molecule has 1 fully saturated rings. The molecule has 234 valence electrons. The zero-order valence-corrected chi connectivity index (χ0v) is 26.1. The SMILES string of the molecule is CC1CCN(Cc2ccc3c(N(C)C)c4c(c(O)c3c2)C(=O)C2=C(O)C3C(=O)C(C(N)=O)=C(O)[C@@H](N(C)C)C3C[C@@H]2C4)CC1. The number of carbonyl (C=O) groups excluding carboxylic acids is 3. The lowest BCUT2D eigenvalue weighted by Crippen LogP contribution is -2.53. The number of allylic oxidation sites excluding steroid dienone is 2. The van der Waals surface area contributed by atoms with Gasteiger partial charge in [0, 0.05) is 42.7 Å². The van der Waals surface area contributed by atoms with Gasteiger partial charge in [-0.3, -0.25) is 24.2 Å². The molecule has 1 amide bonds. The minimum absolute atomic E-state index is 0.0905. The molecule has 2 unspecified atom stereocenters. The molecule has 2 aromatic carbocycles. The molecule has 0 radical (unpaired) electrons. The molecule has 0 aromatic heterocycles. The van der Waals surface area contributed by atoms with E-state index in [-0.39, 0.29) is 16.9 Å². The summed E-state index contributed by atoms with van der Waals surface area (Å²) >= 11 is 0. The summed E-state index contributed by atoms with van der Waals surface area (Å²) in [4.78, 5) is 46.2. The molecule has 10 heteroatoms. The zero-order valence-electron chi connectivity index (χ0n) is 26.1. The van der Waals surface area contributed by atoms with Crippen LogP contribution < -0.4 is 10.6 Å². The van der Waals surface area contributed by atoms with Crippen LogP contribution in [-0.2, 0) is 22.6 Å². The van der Waals surface area contributed by atoms with E-state index in [1.54, 1.807) is 19.0 Å². The fourth-order valence-electron chi connectivity index (χ4n) is 8.25. The van der Waals surface area contributed by atoms with Gasteiger partial charge in [-0.2, -0.15) is 0 Å². The Kier molecular flexibility index (Phi) is 7.49. The number of hydrogen-bond donors (Lipinski definition) is 4. The Morgan fingerprint density at radius 2 is 1.70 bits per heavy atom. The second-order valence-electron chi connectivity index (χ2n) is 13.6. The third-order valence-electron chi connectivity index (χ3n) is 10.3. The Labute approximate surface area is 257 Å². The first-order valence-electron chi connectivity index (χ1n) is 15.4. The molecular formula is C34H42N4O6. The minimum atomic E-state index is -1.20. The number of fused-ring (bicyclic) bond motifs is 4. The van der Waals surface area contributed by atoms with E-state index in [4.69, 9.17) is 5.73 Å². The largest absolute Gasteiger partial charge is 0.511 e. The third-order valence-corrected chi connectivity index (χ3v) is 10.3. The molecule has 4 atom stereocenters.